The van der Waals surface area contributed by atoms with E-state index in [0.29, 0.717) is 0 Å². The molecule has 0 aliphatic carbocycles. The van der Waals surface area contributed by atoms with Crippen LogP contribution in [0.1, 0.15) is 71.1 Å². The van der Waals surface area contributed by atoms with E-state index in [1.165, 1.54) is 51.4 Å². The van der Waals surface area contributed by atoms with Crippen LogP contribution in [0.4, 0.5) is 0 Å². The monoisotopic (exact) mass is 305 g/mol. The molecule has 2 atom stereocenters. The van der Waals surface area contributed by atoms with Gasteiger partial charge in [-0.2, -0.15) is 0 Å². The van der Waals surface area contributed by atoms with Gasteiger partial charge in [0.05, 0.1) is 6.17 Å². The summed E-state index contributed by atoms with van der Waals surface area (Å²) in [6, 6.07) is 0.202. The zero-order chi connectivity index (χ0) is 16.0. The average Bonchev–Trinajstić information content (AvgIpc) is 2.79. The Morgan fingerprint density at radius 3 is 1.91 bits per heavy atom. The molecular formula is C19H35N3. The molecule has 0 fully saturated rings. The van der Waals surface area contributed by atoms with Crippen molar-refractivity contribution in [3.63, 3.8) is 0 Å². The third-order valence-electron chi connectivity index (χ3n) is 4.21. The molecule has 1 aliphatic heterocycles. The summed E-state index contributed by atoms with van der Waals surface area (Å²) in [4.78, 5) is 2.04. The molecule has 0 aromatic carbocycles. The van der Waals surface area contributed by atoms with Gasteiger partial charge in [-0.15, -0.1) is 0 Å². The molecule has 22 heavy (non-hydrogen) atoms. The van der Waals surface area contributed by atoms with E-state index in [9.17, 15) is 0 Å². The van der Waals surface area contributed by atoms with E-state index >= 15 is 0 Å². The fourth-order valence-corrected chi connectivity index (χ4v) is 2.79. The molecule has 1 aliphatic rings. The fraction of sp³-hybridized carbons (Fsp3) is 0.684. The largest absolute Gasteiger partial charge is 0.339 e. The van der Waals surface area contributed by atoms with Crippen molar-refractivity contribution in [2.24, 2.45) is 11.5 Å². The molecule has 3 nitrogen and oxygen atoms in total. The van der Waals surface area contributed by atoms with Crippen molar-refractivity contribution in [3.05, 3.63) is 36.7 Å². The molecule has 0 spiro atoms. The summed E-state index contributed by atoms with van der Waals surface area (Å²) in [5.41, 5.74) is 12.5. The molecule has 0 bridgehead atoms. The lowest BCUT2D eigenvalue weighted by atomic mass is 10.0. The standard InChI is InChI=1S/C19H35N3/c1-2-3-4-5-6-7-8-11-14-18(20)17-19(21)22-15-12-9-10-13-16-22/h9-10,12-13,15-16,18-19H,2-8,11,14,17,20-21H2,1H3. The maximum atomic E-state index is 6.23. The maximum absolute atomic E-state index is 6.23. The fourth-order valence-electron chi connectivity index (χ4n) is 2.79. The van der Waals surface area contributed by atoms with Gasteiger partial charge in [-0.3, -0.25) is 0 Å². The molecule has 1 rings (SSSR count). The number of unbranched alkanes of at least 4 members (excludes halogenated alkanes) is 7. The number of nitrogens with zero attached hydrogens (tertiary/aromatic N) is 1. The maximum Gasteiger partial charge on any atom is 0.0823 e. The van der Waals surface area contributed by atoms with Crippen LogP contribution in [-0.4, -0.2) is 17.1 Å². The van der Waals surface area contributed by atoms with Crippen molar-refractivity contribution in [1.29, 1.82) is 0 Å². The zero-order valence-electron chi connectivity index (χ0n) is 14.3. The summed E-state index contributed by atoms with van der Waals surface area (Å²) >= 11 is 0. The summed E-state index contributed by atoms with van der Waals surface area (Å²) in [5, 5.41) is 0. The molecule has 0 saturated heterocycles. The zero-order valence-corrected chi connectivity index (χ0v) is 14.3. The van der Waals surface area contributed by atoms with Crippen molar-refractivity contribution in [1.82, 2.24) is 4.90 Å². The summed E-state index contributed by atoms with van der Waals surface area (Å²) in [6.45, 7) is 2.26. The molecule has 1 heterocycles. The van der Waals surface area contributed by atoms with Gasteiger partial charge >= 0.3 is 0 Å². The number of allylic oxidation sites excluding steroid dienone is 4. The molecule has 0 amide bonds. The predicted octanol–water partition coefficient (Wildman–Crippen LogP) is 4.42. The molecule has 3 heteroatoms. The Labute approximate surface area is 137 Å². The van der Waals surface area contributed by atoms with Crippen LogP contribution >= 0.6 is 0 Å². The van der Waals surface area contributed by atoms with Gasteiger partial charge in [-0.25, -0.2) is 0 Å². The second kappa shape index (κ2) is 12.5. The first-order valence-electron chi connectivity index (χ1n) is 9.04. The highest BCUT2D eigenvalue weighted by Crippen LogP contribution is 2.13. The quantitative estimate of drug-likeness (QED) is 0.525. The van der Waals surface area contributed by atoms with E-state index < -0.39 is 0 Å². The van der Waals surface area contributed by atoms with E-state index in [2.05, 4.69) is 6.92 Å². The summed E-state index contributed by atoms with van der Waals surface area (Å²) in [7, 11) is 0. The minimum atomic E-state index is -0.0311. The minimum Gasteiger partial charge on any atom is -0.339 e. The van der Waals surface area contributed by atoms with E-state index in [-0.39, 0.29) is 12.2 Å². The Morgan fingerprint density at radius 1 is 0.773 bits per heavy atom. The van der Waals surface area contributed by atoms with E-state index in [1.807, 2.05) is 41.6 Å². The normalized spacial score (nSPS) is 16.8. The lowest BCUT2D eigenvalue weighted by molar-refractivity contribution is 0.322. The molecule has 2 unspecified atom stereocenters. The lowest BCUT2D eigenvalue weighted by Gasteiger charge is -2.26. The first kappa shape index (κ1) is 19.0. The SMILES string of the molecule is CCCCCCCCCCC(N)CC(N)N1C=CC=CC=C1. The second-order valence-corrected chi connectivity index (χ2v) is 6.34. The van der Waals surface area contributed by atoms with Crippen LogP contribution in [-0.2, 0) is 0 Å². The van der Waals surface area contributed by atoms with E-state index in [1.54, 1.807) is 0 Å². The van der Waals surface area contributed by atoms with E-state index in [4.69, 9.17) is 11.5 Å². The van der Waals surface area contributed by atoms with Crippen LogP contribution < -0.4 is 11.5 Å². The number of nitrogens with two attached hydrogens (primary N) is 2. The molecule has 0 saturated carbocycles. The lowest BCUT2D eigenvalue weighted by Crippen LogP contribution is -2.40. The predicted molar refractivity (Wildman–Crippen MR) is 97.1 cm³/mol. The molecule has 0 radical (unpaired) electrons. The van der Waals surface area contributed by atoms with E-state index in [0.717, 1.165) is 12.8 Å². The van der Waals surface area contributed by atoms with Crippen LogP contribution in [0.25, 0.3) is 0 Å². The van der Waals surface area contributed by atoms with Gasteiger partial charge in [-0.1, -0.05) is 70.4 Å². The first-order chi connectivity index (χ1) is 10.7. The minimum absolute atomic E-state index is 0.0311. The Hall–Kier alpha value is -1.06. The molecule has 0 aromatic rings. The third-order valence-corrected chi connectivity index (χ3v) is 4.21. The van der Waals surface area contributed by atoms with Gasteiger partial charge in [0.25, 0.3) is 0 Å². The van der Waals surface area contributed by atoms with Crippen LogP contribution in [0.3, 0.4) is 0 Å². The topological polar surface area (TPSA) is 55.3 Å². The first-order valence-corrected chi connectivity index (χ1v) is 9.04. The Balaban J connectivity index is 2.04. The molecule has 4 N–H and O–H groups in total. The molecule has 0 aromatic heterocycles. The molecular weight excluding hydrogens is 270 g/mol. The van der Waals surface area contributed by atoms with Crippen molar-refractivity contribution < 1.29 is 0 Å². The average molecular weight is 306 g/mol. The number of rotatable bonds is 12. The Bertz CT molecular complexity index is 331. The van der Waals surface area contributed by atoms with Crippen molar-refractivity contribution in [2.75, 3.05) is 0 Å². The molecule has 126 valence electrons. The Morgan fingerprint density at radius 2 is 1.32 bits per heavy atom. The highest BCUT2D eigenvalue weighted by Gasteiger charge is 2.13. The van der Waals surface area contributed by atoms with Crippen LogP contribution in [0.15, 0.2) is 36.7 Å². The number of hydrogen-bond acceptors (Lipinski definition) is 3. The Kier molecular flexibility index (Phi) is 10.8. The van der Waals surface area contributed by atoms with Gasteiger partial charge in [0.2, 0.25) is 0 Å². The number of hydrogen-bond donors (Lipinski definition) is 2. The van der Waals surface area contributed by atoms with Crippen LogP contribution in [0.2, 0.25) is 0 Å². The summed E-state index contributed by atoms with van der Waals surface area (Å²) < 4.78 is 0. The van der Waals surface area contributed by atoms with Gasteiger partial charge in [0, 0.05) is 18.4 Å². The van der Waals surface area contributed by atoms with Gasteiger partial charge in [0.1, 0.15) is 0 Å². The van der Waals surface area contributed by atoms with Crippen LogP contribution in [0.5, 0.6) is 0 Å². The van der Waals surface area contributed by atoms with Crippen molar-refractivity contribution in [2.45, 2.75) is 83.3 Å². The summed E-state index contributed by atoms with van der Waals surface area (Å²) in [5.74, 6) is 0. The van der Waals surface area contributed by atoms with Gasteiger partial charge in [0.15, 0.2) is 0 Å². The highest BCUT2D eigenvalue weighted by molar-refractivity contribution is 5.16. The smallest absolute Gasteiger partial charge is 0.0823 e. The summed E-state index contributed by atoms with van der Waals surface area (Å²) in [6.07, 6.45) is 24.7. The van der Waals surface area contributed by atoms with Gasteiger partial charge < -0.3 is 16.4 Å². The van der Waals surface area contributed by atoms with Crippen molar-refractivity contribution in [3.8, 4) is 0 Å². The van der Waals surface area contributed by atoms with Gasteiger partial charge in [-0.05, 0) is 25.0 Å². The van der Waals surface area contributed by atoms with Crippen molar-refractivity contribution >= 4 is 0 Å². The van der Waals surface area contributed by atoms with Crippen LogP contribution in [0, 0.1) is 0 Å². The highest BCUT2D eigenvalue weighted by atomic mass is 15.2. The second-order valence-electron chi connectivity index (χ2n) is 6.34. The third kappa shape index (κ3) is 9.06.